The zero-order chi connectivity index (χ0) is 9.26. The van der Waals surface area contributed by atoms with Crippen LogP contribution < -0.4 is 0 Å². The molecule has 0 saturated carbocycles. The van der Waals surface area contributed by atoms with E-state index >= 15 is 0 Å². The minimum Gasteiger partial charge on any atom is -0.479 e. The van der Waals surface area contributed by atoms with Crippen LogP contribution in [0.1, 0.15) is 11.1 Å². The molecule has 0 aliphatic carbocycles. The molecule has 0 aromatic heterocycles. The molecule has 3 heteroatoms. The number of rotatable bonds is 1. The summed E-state index contributed by atoms with van der Waals surface area (Å²) in [4.78, 5) is 10.6. The predicted octanol–water partition coefficient (Wildman–Crippen LogP) is 1.21. The Balaban J connectivity index is 2.24. The van der Waals surface area contributed by atoms with E-state index in [4.69, 9.17) is 9.84 Å². The van der Waals surface area contributed by atoms with Crippen LogP contribution in [0.4, 0.5) is 0 Å². The summed E-state index contributed by atoms with van der Waals surface area (Å²) in [5.74, 6) is -0.880. The van der Waals surface area contributed by atoms with E-state index in [1.54, 1.807) is 0 Å². The summed E-state index contributed by atoms with van der Waals surface area (Å²) in [6.07, 6.45) is -0.194. The van der Waals surface area contributed by atoms with E-state index in [1.807, 2.05) is 24.3 Å². The monoisotopic (exact) mass is 178 g/mol. The molecule has 1 heterocycles. The van der Waals surface area contributed by atoms with Gasteiger partial charge in [-0.3, -0.25) is 0 Å². The Hall–Kier alpha value is -1.35. The molecule has 3 nitrogen and oxygen atoms in total. The zero-order valence-electron chi connectivity index (χ0n) is 7.06. The lowest BCUT2D eigenvalue weighted by Crippen LogP contribution is -2.30. The van der Waals surface area contributed by atoms with E-state index in [1.165, 1.54) is 0 Å². The maximum atomic E-state index is 10.6. The quantitative estimate of drug-likeness (QED) is 0.703. The van der Waals surface area contributed by atoms with Crippen LogP contribution in [0.5, 0.6) is 0 Å². The van der Waals surface area contributed by atoms with Crippen molar-refractivity contribution >= 4 is 5.97 Å². The van der Waals surface area contributed by atoms with Gasteiger partial charge >= 0.3 is 5.97 Å². The molecule has 1 N–H and O–H groups in total. The van der Waals surface area contributed by atoms with Crippen LogP contribution in [0.15, 0.2) is 24.3 Å². The Morgan fingerprint density at radius 1 is 1.38 bits per heavy atom. The molecular weight excluding hydrogens is 168 g/mol. The highest BCUT2D eigenvalue weighted by molar-refractivity contribution is 5.73. The summed E-state index contributed by atoms with van der Waals surface area (Å²) < 4.78 is 5.17. The van der Waals surface area contributed by atoms with Crippen LogP contribution in [0.3, 0.4) is 0 Å². The molecule has 0 saturated heterocycles. The summed E-state index contributed by atoms with van der Waals surface area (Å²) in [5.41, 5.74) is 2.18. The first-order chi connectivity index (χ1) is 6.27. The summed E-state index contributed by atoms with van der Waals surface area (Å²) >= 11 is 0. The fourth-order valence-electron chi connectivity index (χ4n) is 1.51. The molecular formula is C10H10O3. The van der Waals surface area contributed by atoms with Gasteiger partial charge in [-0.2, -0.15) is 0 Å². The molecule has 1 aromatic rings. The van der Waals surface area contributed by atoms with E-state index < -0.39 is 12.1 Å². The lowest BCUT2D eigenvalue weighted by Gasteiger charge is -2.21. The van der Waals surface area contributed by atoms with Gasteiger partial charge in [0, 0.05) is 6.42 Å². The molecule has 0 spiro atoms. The Bertz CT molecular complexity index is 333. The highest BCUT2D eigenvalue weighted by Crippen LogP contribution is 2.19. The van der Waals surface area contributed by atoms with Crippen LogP contribution >= 0.6 is 0 Å². The van der Waals surface area contributed by atoms with Gasteiger partial charge in [0.05, 0.1) is 6.61 Å². The van der Waals surface area contributed by atoms with Crippen molar-refractivity contribution < 1.29 is 14.6 Å². The predicted molar refractivity (Wildman–Crippen MR) is 46.4 cm³/mol. The van der Waals surface area contributed by atoms with Crippen molar-refractivity contribution in [3.63, 3.8) is 0 Å². The molecule has 0 fully saturated rings. The minimum atomic E-state index is -0.880. The van der Waals surface area contributed by atoms with Gasteiger partial charge in [0.25, 0.3) is 0 Å². The third-order valence-electron chi connectivity index (χ3n) is 2.24. The number of ether oxygens (including phenoxy) is 1. The topological polar surface area (TPSA) is 46.5 Å². The summed E-state index contributed by atoms with van der Waals surface area (Å²) in [6, 6.07) is 7.77. The molecule has 1 aliphatic rings. The van der Waals surface area contributed by atoms with Gasteiger partial charge in [-0.05, 0) is 11.1 Å². The van der Waals surface area contributed by atoms with Crippen molar-refractivity contribution in [1.29, 1.82) is 0 Å². The molecule has 13 heavy (non-hydrogen) atoms. The Morgan fingerprint density at radius 2 is 2.08 bits per heavy atom. The van der Waals surface area contributed by atoms with Crippen molar-refractivity contribution in [3.05, 3.63) is 35.4 Å². The van der Waals surface area contributed by atoms with Crippen molar-refractivity contribution in [2.24, 2.45) is 0 Å². The molecule has 0 amide bonds. The lowest BCUT2D eigenvalue weighted by atomic mass is 9.99. The highest BCUT2D eigenvalue weighted by atomic mass is 16.5. The van der Waals surface area contributed by atoms with Gasteiger partial charge in [-0.15, -0.1) is 0 Å². The number of carboxylic acids is 1. The third-order valence-corrected chi connectivity index (χ3v) is 2.24. The van der Waals surface area contributed by atoms with Crippen LogP contribution in [-0.2, 0) is 22.6 Å². The van der Waals surface area contributed by atoms with E-state index in [0.29, 0.717) is 13.0 Å². The van der Waals surface area contributed by atoms with E-state index in [9.17, 15) is 4.79 Å². The number of benzene rings is 1. The lowest BCUT2D eigenvalue weighted by molar-refractivity contribution is -0.152. The third kappa shape index (κ3) is 1.55. The molecule has 2 rings (SSSR count). The van der Waals surface area contributed by atoms with Crippen molar-refractivity contribution in [2.75, 3.05) is 0 Å². The molecule has 0 bridgehead atoms. The fraction of sp³-hybridized carbons (Fsp3) is 0.300. The van der Waals surface area contributed by atoms with Crippen molar-refractivity contribution in [3.8, 4) is 0 Å². The second kappa shape index (κ2) is 3.18. The number of carboxylic acid groups (broad SMARTS) is 1. The van der Waals surface area contributed by atoms with E-state index in [0.717, 1.165) is 11.1 Å². The zero-order valence-corrected chi connectivity index (χ0v) is 7.06. The first-order valence-corrected chi connectivity index (χ1v) is 4.18. The summed E-state index contributed by atoms with van der Waals surface area (Å²) in [7, 11) is 0. The number of carbonyl (C=O) groups is 1. The fourth-order valence-corrected chi connectivity index (χ4v) is 1.51. The molecule has 68 valence electrons. The molecule has 1 aromatic carbocycles. The second-order valence-corrected chi connectivity index (χ2v) is 3.11. The summed E-state index contributed by atoms with van der Waals surface area (Å²) in [6.45, 7) is 0.410. The van der Waals surface area contributed by atoms with Crippen LogP contribution in [0.2, 0.25) is 0 Å². The van der Waals surface area contributed by atoms with Crippen LogP contribution in [0.25, 0.3) is 0 Å². The highest BCUT2D eigenvalue weighted by Gasteiger charge is 2.24. The van der Waals surface area contributed by atoms with Crippen LogP contribution in [-0.4, -0.2) is 17.2 Å². The maximum absolute atomic E-state index is 10.6. The van der Waals surface area contributed by atoms with E-state index in [-0.39, 0.29) is 0 Å². The maximum Gasteiger partial charge on any atom is 0.333 e. The van der Waals surface area contributed by atoms with Gasteiger partial charge in [0.15, 0.2) is 6.10 Å². The van der Waals surface area contributed by atoms with Crippen molar-refractivity contribution in [1.82, 2.24) is 0 Å². The van der Waals surface area contributed by atoms with Gasteiger partial charge in [0.2, 0.25) is 0 Å². The van der Waals surface area contributed by atoms with Crippen LogP contribution in [0, 0.1) is 0 Å². The number of fused-ring (bicyclic) bond motifs is 1. The van der Waals surface area contributed by atoms with Gasteiger partial charge < -0.3 is 9.84 Å². The van der Waals surface area contributed by atoms with Crippen molar-refractivity contribution in [2.45, 2.75) is 19.1 Å². The normalized spacial score (nSPS) is 20.8. The molecule has 0 unspecified atom stereocenters. The van der Waals surface area contributed by atoms with Gasteiger partial charge in [0.1, 0.15) is 0 Å². The van der Waals surface area contributed by atoms with Gasteiger partial charge in [-0.1, -0.05) is 24.3 Å². The van der Waals surface area contributed by atoms with Gasteiger partial charge in [-0.25, -0.2) is 4.79 Å². The first kappa shape index (κ1) is 8.26. The number of hydrogen-bond donors (Lipinski definition) is 1. The second-order valence-electron chi connectivity index (χ2n) is 3.11. The van der Waals surface area contributed by atoms with E-state index in [2.05, 4.69) is 0 Å². The minimum absolute atomic E-state index is 0.410. The molecule has 0 radical (unpaired) electrons. The average molecular weight is 178 g/mol. The number of aliphatic carboxylic acids is 1. The molecule has 1 aliphatic heterocycles. The molecule has 1 atom stereocenters. The first-order valence-electron chi connectivity index (χ1n) is 4.18. The SMILES string of the molecule is O=C(O)[C@@H]1Cc2ccccc2CO1. The summed E-state index contributed by atoms with van der Waals surface area (Å²) in [5, 5.41) is 8.74. The number of hydrogen-bond acceptors (Lipinski definition) is 2. The Labute approximate surface area is 76.0 Å². The Kier molecular flexibility index (Phi) is 2.02. The average Bonchev–Trinajstić information content (AvgIpc) is 2.17. The Morgan fingerprint density at radius 3 is 2.77 bits per heavy atom. The smallest absolute Gasteiger partial charge is 0.333 e. The standard InChI is InChI=1S/C10H10O3/c11-10(12)9-5-7-3-1-2-4-8(7)6-13-9/h1-4,9H,5-6H2,(H,11,12)/t9-/m0/s1. The largest absolute Gasteiger partial charge is 0.479 e.